The van der Waals surface area contributed by atoms with Crippen molar-refractivity contribution < 1.29 is 9.63 Å². The van der Waals surface area contributed by atoms with E-state index in [0.717, 1.165) is 29.3 Å². The van der Waals surface area contributed by atoms with E-state index in [1.54, 1.807) is 0 Å². The van der Waals surface area contributed by atoms with Gasteiger partial charge in [-0.1, -0.05) is 36.4 Å². The van der Waals surface area contributed by atoms with E-state index in [1.165, 1.54) is 5.06 Å². The zero-order valence-electron chi connectivity index (χ0n) is 10.6. The van der Waals surface area contributed by atoms with Crippen molar-refractivity contribution in [1.29, 1.82) is 0 Å². The van der Waals surface area contributed by atoms with Gasteiger partial charge in [0.1, 0.15) is 0 Å². The molecular formula is C15H16N2O2. The maximum Gasteiger partial charge on any atom is 0.345 e. The third-order valence-electron chi connectivity index (χ3n) is 3.26. The molecule has 1 N–H and O–H groups in total. The normalized spacial score (nSPS) is 15.5. The summed E-state index contributed by atoms with van der Waals surface area (Å²) in [6.45, 7) is 1.26. The van der Waals surface area contributed by atoms with Crippen molar-refractivity contribution in [2.24, 2.45) is 0 Å². The number of rotatable bonds is 1. The number of amides is 2. The highest BCUT2D eigenvalue weighted by atomic mass is 16.7. The largest absolute Gasteiger partial charge is 0.345 e. The van der Waals surface area contributed by atoms with Crippen LogP contribution in [0, 0.1) is 0 Å². The van der Waals surface area contributed by atoms with Crippen LogP contribution in [0.3, 0.4) is 0 Å². The fraction of sp³-hybridized carbons (Fsp3) is 0.267. The Bertz CT molecular complexity index is 586. The lowest BCUT2D eigenvalue weighted by Crippen LogP contribution is -2.38. The highest BCUT2D eigenvalue weighted by Crippen LogP contribution is 2.23. The number of fused-ring (bicyclic) bond motifs is 1. The van der Waals surface area contributed by atoms with Crippen molar-refractivity contribution in [3.8, 4) is 0 Å². The fourth-order valence-electron chi connectivity index (χ4n) is 2.27. The molecule has 0 spiro atoms. The van der Waals surface area contributed by atoms with Gasteiger partial charge in [-0.3, -0.25) is 4.84 Å². The average molecular weight is 256 g/mol. The predicted octanol–water partition coefficient (Wildman–Crippen LogP) is 3.40. The van der Waals surface area contributed by atoms with Gasteiger partial charge in [-0.15, -0.1) is 0 Å². The van der Waals surface area contributed by atoms with E-state index in [4.69, 9.17) is 4.84 Å². The molecule has 1 heterocycles. The Hall–Kier alpha value is -2.07. The summed E-state index contributed by atoms with van der Waals surface area (Å²) in [5.74, 6) is 0. The molecule has 0 aliphatic carbocycles. The van der Waals surface area contributed by atoms with Gasteiger partial charge in [0.05, 0.1) is 18.8 Å². The third-order valence-corrected chi connectivity index (χ3v) is 3.26. The quantitative estimate of drug-likeness (QED) is 0.849. The van der Waals surface area contributed by atoms with Crippen molar-refractivity contribution in [1.82, 2.24) is 5.06 Å². The van der Waals surface area contributed by atoms with Gasteiger partial charge >= 0.3 is 6.03 Å². The van der Waals surface area contributed by atoms with Crippen LogP contribution in [0.15, 0.2) is 42.5 Å². The summed E-state index contributed by atoms with van der Waals surface area (Å²) in [6.07, 6.45) is 2.00. The first-order valence-corrected chi connectivity index (χ1v) is 6.54. The zero-order valence-corrected chi connectivity index (χ0v) is 10.6. The number of nitrogens with zero attached hydrogens (tertiary/aromatic N) is 1. The number of anilines is 1. The fourth-order valence-corrected chi connectivity index (χ4v) is 2.27. The molecule has 0 saturated carbocycles. The van der Waals surface area contributed by atoms with Crippen molar-refractivity contribution in [3.05, 3.63) is 42.5 Å². The van der Waals surface area contributed by atoms with Gasteiger partial charge in [0.25, 0.3) is 0 Å². The van der Waals surface area contributed by atoms with E-state index in [9.17, 15) is 4.79 Å². The van der Waals surface area contributed by atoms with E-state index < -0.39 is 0 Å². The molecule has 19 heavy (non-hydrogen) atoms. The number of hydrogen-bond donors (Lipinski definition) is 1. The number of carbonyl (C=O) groups excluding carboxylic acids is 1. The Balaban J connectivity index is 1.82. The second-order valence-corrected chi connectivity index (χ2v) is 4.60. The summed E-state index contributed by atoms with van der Waals surface area (Å²) < 4.78 is 0. The van der Waals surface area contributed by atoms with Gasteiger partial charge in [0.2, 0.25) is 0 Å². The molecule has 1 aliphatic heterocycles. The van der Waals surface area contributed by atoms with Gasteiger partial charge in [-0.2, -0.15) is 0 Å². The molecule has 2 aromatic carbocycles. The molecule has 4 nitrogen and oxygen atoms in total. The summed E-state index contributed by atoms with van der Waals surface area (Å²) in [4.78, 5) is 17.4. The van der Waals surface area contributed by atoms with Gasteiger partial charge in [0, 0.05) is 5.39 Å². The molecule has 1 fully saturated rings. The molecular weight excluding hydrogens is 240 g/mol. The zero-order chi connectivity index (χ0) is 13.1. The summed E-state index contributed by atoms with van der Waals surface area (Å²) >= 11 is 0. The Morgan fingerprint density at radius 1 is 1.11 bits per heavy atom. The Morgan fingerprint density at radius 2 is 1.95 bits per heavy atom. The molecule has 0 bridgehead atoms. The minimum Gasteiger partial charge on any atom is -0.305 e. The first-order valence-electron chi connectivity index (χ1n) is 6.54. The lowest BCUT2D eigenvalue weighted by Gasteiger charge is -2.26. The lowest BCUT2D eigenvalue weighted by atomic mass is 10.1. The van der Waals surface area contributed by atoms with Crippen LogP contribution in [-0.2, 0) is 4.84 Å². The van der Waals surface area contributed by atoms with E-state index >= 15 is 0 Å². The van der Waals surface area contributed by atoms with Crippen LogP contribution in [0.5, 0.6) is 0 Å². The van der Waals surface area contributed by atoms with Gasteiger partial charge in [-0.05, 0) is 24.3 Å². The molecule has 1 saturated heterocycles. The van der Waals surface area contributed by atoms with Crippen LogP contribution >= 0.6 is 0 Å². The summed E-state index contributed by atoms with van der Waals surface area (Å²) in [5, 5.41) is 6.47. The van der Waals surface area contributed by atoms with Crippen molar-refractivity contribution in [3.63, 3.8) is 0 Å². The SMILES string of the molecule is O=C(Nc1cccc2ccccc12)N1CCCCO1. The highest BCUT2D eigenvalue weighted by Gasteiger charge is 2.18. The van der Waals surface area contributed by atoms with E-state index in [1.807, 2.05) is 42.5 Å². The maximum absolute atomic E-state index is 12.1. The van der Waals surface area contributed by atoms with Crippen molar-refractivity contribution in [2.45, 2.75) is 12.8 Å². The van der Waals surface area contributed by atoms with Crippen LogP contribution in [0.4, 0.5) is 10.5 Å². The molecule has 0 unspecified atom stereocenters. The maximum atomic E-state index is 12.1. The van der Waals surface area contributed by atoms with Crippen LogP contribution in [0.2, 0.25) is 0 Å². The minimum atomic E-state index is -0.198. The van der Waals surface area contributed by atoms with E-state index in [-0.39, 0.29) is 6.03 Å². The Kier molecular flexibility index (Phi) is 3.33. The van der Waals surface area contributed by atoms with Crippen LogP contribution in [0.25, 0.3) is 10.8 Å². The van der Waals surface area contributed by atoms with Crippen LogP contribution < -0.4 is 5.32 Å². The van der Waals surface area contributed by atoms with Gasteiger partial charge in [-0.25, -0.2) is 9.86 Å². The third kappa shape index (κ3) is 2.53. The summed E-state index contributed by atoms with van der Waals surface area (Å²) in [6, 6.07) is 13.7. The molecule has 3 rings (SSSR count). The Labute approximate surface area is 111 Å². The molecule has 1 aliphatic rings. The summed E-state index contributed by atoms with van der Waals surface area (Å²) in [5.41, 5.74) is 0.817. The number of benzene rings is 2. The smallest absolute Gasteiger partial charge is 0.305 e. The van der Waals surface area contributed by atoms with Gasteiger partial charge in [0.15, 0.2) is 0 Å². The van der Waals surface area contributed by atoms with Crippen LogP contribution in [-0.4, -0.2) is 24.2 Å². The van der Waals surface area contributed by atoms with Gasteiger partial charge < -0.3 is 5.32 Å². The summed E-state index contributed by atoms with van der Waals surface area (Å²) in [7, 11) is 0. The molecule has 0 radical (unpaired) electrons. The second-order valence-electron chi connectivity index (χ2n) is 4.60. The predicted molar refractivity (Wildman–Crippen MR) is 74.9 cm³/mol. The number of hydroxylamine groups is 2. The number of carbonyl (C=O) groups is 1. The van der Waals surface area contributed by atoms with E-state index in [0.29, 0.717) is 13.2 Å². The topological polar surface area (TPSA) is 41.6 Å². The number of hydrogen-bond acceptors (Lipinski definition) is 2. The first-order chi connectivity index (χ1) is 9.34. The molecule has 98 valence electrons. The second kappa shape index (κ2) is 5.28. The minimum absolute atomic E-state index is 0.198. The molecule has 2 amide bonds. The van der Waals surface area contributed by atoms with E-state index in [2.05, 4.69) is 5.32 Å². The molecule has 0 aromatic heterocycles. The van der Waals surface area contributed by atoms with Crippen molar-refractivity contribution >= 4 is 22.5 Å². The first kappa shape index (κ1) is 12.0. The lowest BCUT2D eigenvalue weighted by molar-refractivity contribution is -0.135. The average Bonchev–Trinajstić information content (AvgIpc) is 2.48. The molecule has 4 heteroatoms. The van der Waals surface area contributed by atoms with Crippen LogP contribution in [0.1, 0.15) is 12.8 Å². The molecule has 0 atom stereocenters. The van der Waals surface area contributed by atoms with Crippen molar-refractivity contribution in [2.75, 3.05) is 18.5 Å². The monoisotopic (exact) mass is 256 g/mol. The Morgan fingerprint density at radius 3 is 2.79 bits per heavy atom. The standard InChI is InChI=1S/C15H16N2O2/c18-15(17-10-3-4-11-19-17)16-14-9-5-7-12-6-1-2-8-13(12)14/h1-2,5-9H,3-4,10-11H2,(H,16,18). The number of urea groups is 1. The highest BCUT2D eigenvalue weighted by molar-refractivity contribution is 6.01. The number of nitrogens with one attached hydrogen (secondary N) is 1. The molecule has 2 aromatic rings.